The van der Waals surface area contributed by atoms with E-state index in [-0.39, 0.29) is 42.0 Å². The summed E-state index contributed by atoms with van der Waals surface area (Å²) in [4.78, 5) is 50.5. The molecule has 1 heterocycles. The molecule has 11 nitrogen and oxygen atoms in total. The van der Waals surface area contributed by atoms with Crippen molar-refractivity contribution in [2.24, 2.45) is 11.8 Å². The fourth-order valence-electron chi connectivity index (χ4n) is 6.20. The van der Waals surface area contributed by atoms with Crippen molar-refractivity contribution in [3.05, 3.63) is 82.5 Å². The number of H-pyrrole nitrogens is 1. The number of fused-ring (bicyclic) bond motifs is 1. The first kappa shape index (κ1) is 34.4. The largest absolute Gasteiger partial charge is 0.465 e. The van der Waals surface area contributed by atoms with Gasteiger partial charge in [0.1, 0.15) is 6.04 Å². The summed E-state index contributed by atoms with van der Waals surface area (Å²) in [6, 6.07) is 16.0. The number of benzene rings is 3. The van der Waals surface area contributed by atoms with Crippen molar-refractivity contribution in [3.63, 3.8) is 0 Å². The van der Waals surface area contributed by atoms with Gasteiger partial charge in [-0.2, -0.15) is 5.10 Å². The first-order valence-corrected chi connectivity index (χ1v) is 16.6. The number of aromatic amines is 1. The minimum atomic E-state index is -1.05. The Bertz CT molecular complexity index is 1800. The number of halogens is 1. The molecule has 5 rings (SSSR count). The maximum Gasteiger partial charge on any atom is 0.404 e. The number of carboxylic acid groups (broad SMARTS) is 1. The van der Waals surface area contributed by atoms with Crippen LogP contribution in [0.25, 0.3) is 22.0 Å². The van der Waals surface area contributed by atoms with E-state index < -0.39 is 12.1 Å². The number of hydrogen-bond acceptors (Lipinski definition) is 5. The van der Waals surface area contributed by atoms with Crippen LogP contribution in [0.2, 0.25) is 5.02 Å². The molecule has 0 unspecified atom stereocenters. The van der Waals surface area contributed by atoms with Crippen LogP contribution in [0.5, 0.6) is 0 Å². The number of hydrogen-bond donors (Lipinski definition) is 6. The summed E-state index contributed by atoms with van der Waals surface area (Å²) in [6.07, 6.45) is 3.49. The maximum atomic E-state index is 13.7. The number of rotatable bonds is 11. The van der Waals surface area contributed by atoms with Gasteiger partial charge in [0.25, 0.3) is 5.91 Å². The van der Waals surface area contributed by atoms with E-state index in [4.69, 9.17) is 16.7 Å². The van der Waals surface area contributed by atoms with Gasteiger partial charge in [-0.3, -0.25) is 19.5 Å². The number of carbonyl (C=O) groups excluding carboxylic acids is 3. The van der Waals surface area contributed by atoms with Gasteiger partial charge in [0.15, 0.2) is 0 Å². The summed E-state index contributed by atoms with van der Waals surface area (Å²) in [5.41, 5.74) is 5.53. The number of carbonyl (C=O) groups is 4. The SMILES string of the molecule is Cc1cc(C(=O)NC(C)C)ccc1-c1ccc(C[C@H](NC(=O)[C@H]2CC[C@H](CNC(=O)O)CC2)C(=O)Nc2cc(Cl)c3cn[nH]c3c2)cc1. The van der Waals surface area contributed by atoms with Crippen molar-refractivity contribution in [3.8, 4) is 11.1 Å². The highest BCUT2D eigenvalue weighted by atomic mass is 35.5. The Morgan fingerprint density at radius 3 is 2.38 bits per heavy atom. The molecular weight excluding hydrogens is 632 g/mol. The Morgan fingerprint density at radius 1 is 0.979 bits per heavy atom. The summed E-state index contributed by atoms with van der Waals surface area (Å²) >= 11 is 6.42. The highest BCUT2D eigenvalue weighted by Crippen LogP contribution is 2.30. The minimum absolute atomic E-state index is 0.0431. The molecule has 12 heteroatoms. The molecule has 1 aliphatic carbocycles. The molecule has 1 aromatic heterocycles. The van der Waals surface area contributed by atoms with Crippen LogP contribution >= 0.6 is 11.6 Å². The molecule has 1 aliphatic rings. The fourth-order valence-corrected chi connectivity index (χ4v) is 6.47. The second-order valence-corrected chi connectivity index (χ2v) is 13.2. The molecule has 1 atom stereocenters. The second-order valence-electron chi connectivity index (χ2n) is 12.8. The first-order chi connectivity index (χ1) is 23.0. The normalized spacial score (nSPS) is 16.7. The van der Waals surface area contributed by atoms with E-state index in [1.165, 1.54) is 0 Å². The van der Waals surface area contributed by atoms with Crippen molar-refractivity contribution in [2.75, 3.05) is 11.9 Å². The first-order valence-electron chi connectivity index (χ1n) is 16.2. The summed E-state index contributed by atoms with van der Waals surface area (Å²) < 4.78 is 0. The smallest absolute Gasteiger partial charge is 0.404 e. The Morgan fingerprint density at radius 2 is 1.71 bits per heavy atom. The average Bonchev–Trinajstić information content (AvgIpc) is 3.53. The summed E-state index contributed by atoms with van der Waals surface area (Å²) in [6.45, 7) is 6.18. The van der Waals surface area contributed by atoms with Crippen LogP contribution in [0, 0.1) is 18.8 Å². The summed E-state index contributed by atoms with van der Waals surface area (Å²) in [5.74, 6) is -0.782. The molecule has 0 aliphatic heterocycles. The van der Waals surface area contributed by atoms with Crippen molar-refractivity contribution in [1.29, 1.82) is 0 Å². The van der Waals surface area contributed by atoms with Crippen LogP contribution in [-0.4, -0.2) is 57.7 Å². The topological polar surface area (TPSA) is 165 Å². The summed E-state index contributed by atoms with van der Waals surface area (Å²) in [5, 5.41) is 28.2. The zero-order valence-electron chi connectivity index (χ0n) is 27.2. The van der Waals surface area contributed by atoms with Crippen molar-refractivity contribution >= 4 is 52.0 Å². The molecule has 252 valence electrons. The quantitative estimate of drug-likeness (QED) is 0.113. The Kier molecular flexibility index (Phi) is 11.0. The van der Waals surface area contributed by atoms with E-state index in [2.05, 4.69) is 31.5 Å². The lowest BCUT2D eigenvalue weighted by molar-refractivity contribution is -0.130. The third-order valence-electron chi connectivity index (χ3n) is 8.78. The van der Waals surface area contributed by atoms with E-state index in [0.29, 0.717) is 41.2 Å². The predicted molar refractivity (Wildman–Crippen MR) is 186 cm³/mol. The van der Waals surface area contributed by atoms with E-state index in [1.807, 2.05) is 63.2 Å². The van der Waals surface area contributed by atoms with Gasteiger partial charge >= 0.3 is 6.09 Å². The highest BCUT2D eigenvalue weighted by molar-refractivity contribution is 6.35. The van der Waals surface area contributed by atoms with Crippen molar-refractivity contribution < 1.29 is 24.3 Å². The zero-order valence-corrected chi connectivity index (χ0v) is 28.0. The fraction of sp³-hybridized carbons (Fsp3) is 0.361. The number of nitrogens with zero attached hydrogens (tertiary/aromatic N) is 1. The van der Waals surface area contributed by atoms with Gasteiger partial charge < -0.3 is 26.4 Å². The monoisotopic (exact) mass is 672 g/mol. The van der Waals surface area contributed by atoms with Crippen molar-refractivity contribution in [1.82, 2.24) is 26.1 Å². The number of nitrogens with one attached hydrogen (secondary N) is 5. The van der Waals surface area contributed by atoms with Gasteiger partial charge in [0, 0.05) is 41.6 Å². The number of amides is 4. The number of anilines is 1. The minimum Gasteiger partial charge on any atom is -0.465 e. The molecule has 0 bridgehead atoms. The van der Waals surface area contributed by atoms with Crippen LogP contribution in [0.15, 0.2) is 60.8 Å². The highest BCUT2D eigenvalue weighted by Gasteiger charge is 2.30. The van der Waals surface area contributed by atoms with Gasteiger partial charge in [-0.15, -0.1) is 0 Å². The molecular formula is C36H41ClN6O5. The molecule has 4 amide bonds. The van der Waals surface area contributed by atoms with E-state index in [0.717, 1.165) is 40.5 Å². The van der Waals surface area contributed by atoms with Gasteiger partial charge in [-0.1, -0.05) is 41.9 Å². The third-order valence-corrected chi connectivity index (χ3v) is 9.09. The average molecular weight is 673 g/mol. The molecule has 0 saturated heterocycles. The zero-order chi connectivity index (χ0) is 34.4. The molecule has 0 radical (unpaired) electrons. The lowest BCUT2D eigenvalue weighted by Gasteiger charge is -2.29. The molecule has 0 spiro atoms. The predicted octanol–water partition coefficient (Wildman–Crippen LogP) is 6.07. The number of aromatic nitrogens is 2. The molecule has 48 heavy (non-hydrogen) atoms. The Labute approximate surface area is 284 Å². The van der Waals surface area contributed by atoms with Gasteiger partial charge in [0.05, 0.1) is 16.7 Å². The van der Waals surface area contributed by atoms with E-state index >= 15 is 0 Å². The molecule has 3 aromatic carbocycles. The number of aryl methyl sites for hydroxylation is 1. The van der Waals surface area contributed by atoms with Crippen LogP contribution in [0.4, 0.5) is 10.5 Å². The summed E-state index contributed by atoms with van der Waals surface area (Å²) in [7, 11) is 0. The van der Waals surface area contributed by atoms with Crippen molar-refractivity contribution in [2.45, 2.75) is 65.0 Å². The van der Waals surface area contributed by atoms with Gasteiger partial charge in [0.2, 0.25) is 11.8 Å². The Balaban J connectivity index is 1.31. The van der Waals surface area contributed by atoms with Gasteiger partial charge in [-0.25, -0.2) is 4.79 Å². The molecule has 6 N–H and O–H groups in total. The Hall–Kier alpha value is -4.90. The van der Waals surface area contributed by atoms with Crippen LogP contribution in [0.1, 0.15) is 61.0 Å². The molecule has 4 aromatic rings. The molecule has 1 fully saturated rings. The van der Waals surface area contributed by atoms with Gasteiger partial charge in [-0.05, 0) is 98.9 Å². The maximum absolute atomic E-state index is 13.7. The van der Waals surface area contributed by atoms with E-state index in [1.54, 1.807) is 18.3 Å². The lowest BCUT2D eigenvalue weighted by atomic mass is 9.81. The van der Waals surface area contributed by atoms with E-state index in [9.17, 15) is 19.2 Å². The van der Waals surface area contributed by atoms with Crippen LogP contribution in [0.3, 0.4) is 0 Å². The standard InChI is InChI=1S/C36H41ClN6O5/c1-20(2)40-34(45)26-12-13-28(21(3)14-26)24-8-4-22(5-9-24)15-32(35(46)41-27-16-30(37)29-19-39-43-31(29)17-27)42-33(44)25-10-6-23(7-11-25)18-38-36(47)48/h4-5,8-9,12-14,16-17,19-20,23,25,32,38H,6-7,10-11,15,18H2,1-3H3,(H,39,43)(H,40,45)(H,41,46)(H,42,44)(H,47,48)/t23-,25-,32-/m0/s1. The second kappa shape index (κ2) is 15.3. The lowest BCUT2D eigenvalue weighted by Crippen LogP contribution is -2.48. The third kappa shape index (κ3) is 8.71. The molecule has 1 saturated carbocycles. The van der Waals surface area contributed by atoms with Crippen LogP contribution < -0.4 is 21.3 Å². The van der Waals surface area contributed by atoms with Crippen LogP contribution in [-0.2, 0) is 16.0 Å².